The molecular weight excluding hydrogens is 310 g/mol. The van der Waals surface area contributed by atoms with Crippen LogP contribution in [0, 0.1) is 12.3 Å². The summed E-state index contributed by atoms with van der Waals surface area (Å²) in [4.78, 5) is 0. The van der Waals surface area contributed by atoms with E-state index in [9.17, 15) is 0 Å². The molecule has 0 aliphatic heterocycles. The molecule has 0 spiro atoms. The summed E-state index contributed by atoms with van der Waals surface area (Å²) in [6.45, 7) is 2.12. The molecule has 4 heteroatoms. The SMILES string of the molecule is C#CCOc1ccc(Br)cc1CNCCCSC. The van der Waals surface area contributed by atoms with Gasteiger partial charge in [0.15, 0.2) is 0 Å². The van der Waals surface area contributed by atoms with E-state index in [0.717, 1.165) is 28.9 Å². The molecule has 1 aromatic rings. The molecule has 0 aliphatic rings. The summed E-state index contributed by atoms with van der Waals surface area (Å²) in [6, 6.07) is 5.97. The van der Waals surface area contributed by atoms with Crippen LogP contribution >= 0.6 is 27.7 Å². The van der Waals surface area contributed by atoms with Gasteiger partial charge in [-0.25, -0.2) is 0 Å². The fourth-order valence-electron chi connectivity index (χ4n) is 1.51. The fourth-order valence-corrected chi connectivity index (χ4v) is 2.35. The maximum absolute atomic E-state index is 5.52. The van der Waals surface area contributed by atoms with Crippen molar-refractivity contribution in [3.63, 3.8) is 0 Å². The highest BCUT2D eigenvalue weighted by atomic mass is 79.9. The van der Waals surface area contributed by atoms with E-state index >= 15 is 0 Å². The van der Waals surface area contributed by atoms with Gasteiger partial charge in [0.25, 0.3) is 0 Å². The number of ether oxygens (including phenoxy) is 1. The first kappa shape index (κ1) is 15.4. The lowest BCUT2D eigenvalue weighted by atomic mass is 10.2. The molecule has 0 aliphatic carbocycles. The second kappa shape index (κ2) is 9.32. The van der Waals surface area contributed by atoms with Crippen molar-refractivity contribution in [1.82, 2.24) is 5.32 Å². The minimum atomic E-state index is 0.307. The molecule has 0 aromatic heterocycles. The Bertz CT molecular complexity index is 403. The molecule has 2 nitrogen and oxygen atoms in total. The van der Waals surface area contributed by atoms with E-state index in [4.69, 9.17) is 11.2 Å². The predicted octanol–water partition coefficient (Wildman–Crippen LogP) is 3.30. The molecule has 1 aromatic carbocycles. The van der Waals surface area contributed by atoms with Crippen LogP contribution in [0.15, 0.2) is 22.7 Å². The monoisotopic (exact) mass is 327 g/mol. The van der Waals surface area contributed by atoms with Crippen LogP contribution < -0.4 is 10.1 Å². The molecule has 0 saturated carbocycles. The molecule has 0 atom stereocenters. The lowest BCUT2D eigenvalue weighted by Gasteiger charge is -2.11. The number of benzene rings is 1. The highest BCUT2D eigenvalue weighted by Crippen LogP contribution is 2.23. The number of hydrogen-bond acceptors (Lipinski definition) is 3. The van der Waals surface area contributed by atoms with E-state index in [1.54, 1.807) is 0 Å². The van der Waals surface area contributed by atoms with Gasteiger partial charge >= 0.3 is 0 Å². The largest absolute Gasteiger partial charge is 0.481 e. The summed E-state index contributed by atoms with van der Waals surface area (Å²) >= 11 is 5.34. The Morgan fingerprint density at radius 2 is 2.33 bits per heavy atom. The van der Waals surface area contributed by atoms with Crippen LogP contribution in [0.2, 0.25) is 0 Å². The summed E-state index contributed by atoms with van der Waals surface area (Å²) in [7, 11) is 0. The van der Waals surface area contributed by atoms with E-state index in [2.05, 4.69) is 39.5 Å². The lowest BCUT2D eigenvalue weighted by molar-refractivity contribution is 0.364. The van der Waals surface area contributed by atoms with Gasteiger partial charge in [-0.05, 0) is 43.2 Å². The zero-order chi connectivity index (χ0) is 13.2. The average molecular weight is 328 g/mol. The van der Waals surface area contributed by atoms with Crippen LogP contribution in [0.3, 0.4) is 0 Å². The highest BCUT2D eigenvalue weighted by molar-refractivity contribution is 9.10. The van der Waals surface area contributed by atoms with Gasteiger partial charge in [0.2, 0.25) is 0 Å². The zero-order valence-corrected chi connectivity index (χ0v) is 12.9. The van der Waals surface area contributed by atoms with Crippen molar-refractivity contribution in [2.45, 2.75) is 13.0 Å². The van der Waals surface area contributed by atoms with Crippen molar-refractivity contribution in [1.29, 1.82) is 0 Å². The van der Waals surface area contributed by atoms with Crippen molar-refractivity contribution in [3.05, 3.63) is 28.2 Å². The molecule has 0 radical (unpaired) electrons. The Hall–Kier alpha value is -0.630. The number of terminal acetylenes is 1. The Morgan fingerprint density at radius 1 is 1.50 bits per heavy atom. The first-order chi connectivity index (χ1) is 8.77. The molecule has 0 unspecified atom stereocenters. The average Bonchev–Trinajstić information content (AvgIpc) is 2.37. The predicted molar refractivity (Wildman–Crippen MR) is 83.2 cm³/mol. The van der Waals surface area contributed by atoms with Crippen molar-refractivity contribution >= 4 is 27.7 Å². The van der Waals surface area contributed by atoms with Gasteiger partial charge in [0.05, 0.1) is 0 Å². The third kappa shape index (κ3) is 5.81. The van der Waals surface area contributed by atoms with Gasteiger partial charge in [-0.1, -0.05) is 21.9 Å². The maximum atomic E-state index is 5.52. The molecule has 0 amide bonds. The van der Waals surface area contributed by atoms with Crippen LogP contribution in [-0.2, 0) is 6.54 Å². The van der Waals surface area contributed by atoms with Crippen LogP contribution in [-0.4, -0.2) is 25.2 Å². The highest BCUT2D eigenvalue weighted by Gasteiger charge is 2.04. The molecule has 1 rings (SSSR count). The Kier molecular flexibility index (Phi) is 7.99. The molecular formula is C14H18BrNOS. The van der Waals surface area contributed by atoms with Crippen molar-refractivity contribution in [3.8, 4) is 18.1 Å². The third-order valence-electron chi connectivity index (χ3n) is 2.35. The second-order valence-electron chi connectivity index (χ2n) is 3.77. The van der Waals surface area contributed by atoms with Crippen molar-refractivity contribution in [2.24, 2.45) is 0 Å². The van der Waals surface area contributed by atoms with Crippen molar-refractivity contribution in [2.75, 3.05) is 25.2 Å². The van der Waals surface area contributed by atoms with E-state index in [-0.39, 0.29) is 0 Å². The molecule has 1 N–H and O–H groups in total. The van der Waals surface area contributed by atoms with Crippen LogP contribution in [0.1, 0.15) is 12.0 Å². The molecule has 0 saturated heterocycles. The van der Waals surface area contributed by atoms with E-state index < -0.39 is 0 Å². The summed E-state index contributed by atoms with van der Waals surface area (Å²) in [5.41, 5.74) is 1.13. The minimum Gasteiger partial charge on any atom is -0.481 e. The number of hydrogen-bond donors (Lipinski definition) is 1. The molecule has 0 bridgehead atoms. The summed E-state index contributed by atoms with van der Waals surface area (Å²) in [5, 5.41) is 3.41. The minimum absolute atomic E-state index is 0.307. The quantitative estimate of drug-likeness (QED) is 0.584. The van der Waals surface area contributed by atoms with E-state index in [1.165, 1.54) is 12.2 Å². The smallest absolute Gasteiger partial charge is 0.148 e. The maximum Gasteiger partial charge on any atom is 0.148 e. The summed E-state index contributed by atoms with van der Waals surface area (Å²) in [6.07, 6.45) is 8.51. The summed E-state index contributed by atoms with van der Waals surface area (Å²) in [5.74, 6) is 4.53. The topological polar surface area (TPSA) is 21.3 Å². The molecule has 0 heterocycles. The van der Waals surface area contributed by atoms with Crippen LogP contribution in [0.4, 0.5) is 0 Å². The second-order valence-corrected chi connectivity index (χ2v) is 5.67. The van der Waals surface area contributed by atoms with Gasteiger partial charge in [0, 0.05) is 16.6 Å². The van der Waals surface area contributed by atoms with Crippen molar-refractivity contribution < 1.29 is 4.74 Å². The number of rotatable bonds is 8. The van der Waals surface area contributed by atoms with Gasteiger partial charge in [0.1, 0.15) is 12.4 Å². The normalized spacial score (nSPS) is 10.1. The first-order valence-electron chi connectivity index (χ1n) is 5.82. The van der Waals surface area contributed by atoms with Crippen LogP contribution in [0.5, 0.6) is 5.75 Å². The first-order valence-corrected chi connectivity index (χ1v) is 8.01. The van der Waals surface area contributed by atoms with Gasteiger partial charge in [-0.15, -0.1) is 6.42 Å². The Balaban J connectivity index is 2.51. The Labute approximate surface area is 122 Å². The van der Waals surface area contributed by atoms with Gasteiger partial charge in [-0.3, -0.25) is 0 Å². The van der Waals surface area contributed by atoms with Gasteiger partial charge in [-0.2, -0.15) is 11.8 Å². The standard InChI is InChI=1S/C14H18BrNOS/c1-3-8-17-14-6-5-13(15)10-12(14)11-16-7-4-9-18-2/h1,5-6,10,16H,4,7-9,11H2,2H3. The lowest BCUT2D eigenvalue weighted by Crippen LogP contribution is -2.16. The van der Waals surface area contributed by atoms with E-state index in [0.29, 0.717) is 6.61 Å². The number of thioether (sulfide) groups is 1. The Morgan fingerprint density at radius 3 is 3.06 bits per heavy atom. The summed E-state index contributed by atoms with van der Waals surface area (Å²) < 4.78 is 6.57. The molecule has 0 fully saturated rings. The van der Waals surface area contributed by atoms with Crippen LogP contribution in [0.25, 0.3) is 0 Å². The molecule has 98 valence electrons. The third-order valence-corrected chi connectivity index (χ3v) is 3.54. The molecule has 18 heavy (non-hydrogen) atoms. The van der Waals surface area contributed by atoms with Gasteiger partial charge < -0.3 is 10.1 Å². The van der Waals surface area contributed by atoms with E-state index in [1.807, 2.05) is 23.9 Å². The zero-order valence-electron chi connectivity index (χ0n) is 10.5. The number of nitrogens with one attached hydrogen (secondary N) is 1. The number of halogens is 1. The fraction of sp³-hybridized carbons (Fsp3) is 0.429.